The molecule has 0 bridgehead atoms. The molecule has 4 heteroatoms. The van der Waals surface area contributed by atoms with Gasteiger partial charge in [-0.2, -0.15) is 0 Å². The molecule has 0 radical (unpaired) electrons. The molecule has 0 N–H and O–H groups in total. The molecule has 0 amide bonds. The molecule has 1 aromatic heterocycles. The predicted molar refractivity (Wildman–Crippen MR) is 70.4 cm³/mol. The summed E-state index contributed by atoms with van der Waals surface area (Å²) in [5, 5.41) is 0. The summed E-state index contributed by atoms with van der Waals surface area (Å²) < 4.78 is 0. The van der Waals surface area contributed by atoms with Gasteiger partial charge in [0, 0.05) is 26.2 Å². The molecular weight excluding hydrogens is 212 g/mol. The average Bonchev–Trinajstić information content (AvgIpc) is 2.39. The van der Waals surface area contributed by atoms with Crippen LogP contribution in [0.2, 0.25) is 0 Å². The highest BCUT2D eigenvalue weighted by Crippen LogP contribution is 2.15. The molecule has 0 spiro atoms. The SMILES string of the molecule is CCN1CCN(c2cnc(C(C)C)cn2)CC1. The van der Waals surface area contributed by atoms with Gasteiger partial charge in [0.05, 0.1) is 18.1 Å². The summed E-state index contributed by atoms with van der Waals surface area (Å²) in [6.45, 7) is 12.0. The fraction of sp³-hybridized carbons (Fsp3) is 0.692. The van der Waals surface area contributed by atoms with Gasteiger partial charge in [0.2, 0.25) is 0 Å². The van der Waals surface area contributed by atoms with E-state index in [-0.39, 0.29) is 0 Å². The molecule has 2 heterocycles. The van der Waals surface area contributed by atoms with Gasteiger partial charge in [0.15, 0.2) is 0 Å². The summed E-state index contributed by atoms with van der Waals surface area (Å²) in [6.07, 6.45) is 3.82. The Morgan fingerprint density at radius 2 is 1.82 bits per heavy atom. The van der Waals surface area contributed by atoms with Gasteiger partial charge in [0.1, 0.15) is 5.82 Å². The third-order valence-electron chi connectivity index (χ3n) is 3.39. The number of likely N-dealkylation sites (N-methyl/N-ethyl adjacent to an activating group) is 1. The van der Waals surface area contributed by atoms with Crippen LogP contribution < -0.4 is 4.90 Å². The number of rotatable bonds is 3. The van der Waals surface area contributed by atoms with Gasteiger partial charge < -0.3 is 9.80 Å². The second-order valence-corrected chi connectivity index (χ2v) is 4.88. The Morgan fingerprint density at radius 3 is 2.29 bits per heavy atom. The van der Waals surface area contributed by atoms with Crippen molar-refractivity contribution in [3.8, 4) is 0 Å². The Balaban J connectivity index is 1.99. The lowest BCUT2D eigenvalue weighted by Gasteiger charge is -2.34. The quantitative estimate of drug-likeness (QED) is 0.797. The van der Waals surface area contributed by atoms with E-state index < -0.39 is 0 Å². The highest BCUT2D eigenvalue weighted by atomic mass is 15.3. The lowest BCUT2D eigenvalue weighted by atomic mass is 10.1. The molecule has 1 aliphatic rings. The number of anilines is 1. The van der Waals surface area contributed by atoms with E-state index in [0.717, 1.165) is 44.2 Å². The first-order valence-electron chi connectivity index (χ1n) is 6.50. The van der Waals surface area contributed by atoms with Crippen LogP contribution >= 0.6 is 0 Å². The van der Waals surface area contributed by atoms with Crippen molar-refractivity contribution in [2.24, 2.45) is 0 Å². The van der Waals surface area contributed by atoms with Crippen LogP contribution in [0.5, 0.6) is 0 Å². The van der Waals surface area contributed by atoms with Gasteiger partial charge in [-0.1, -0.05) is 20.8 Å². The number of piperazine rings is 1. The van der Waals surface area contributed by atoms with Crippen LogP contribution in [-0.2, 0) is 0 Å². The maximum atomic E-state index is 4.52. The van der Waals surface area contributed by atoms with Crippen molar-refractivity contribution in [1.29, 1.82) is 0 Å². The van der Waals surface area contributed by atoms with E-state index in [1.54, 1.807) is 0 Å². The Bertz CT molecular complexity index is 339. The molecule has 0 aliphatic carbocycles. The number of aromatic nitrogens is 2. The average molecular weight is 234 g/mol. The molecule has 94 valence electrons. The Kier molecular flexibility index (Phi) is 3.94. The maximum absolute atomic E-state index is 4.52. The van der Waals surface area contributed by atoms with Crippen molar-refractivity contribution in [3.05, 3.63) is 18.1 Å². The first-order chi connectivity index (χ1) is 8.20. The molecule has 1 aromatic rings. The normalized spacial score (nSPS) is 17.8. The lowest BCUT2D eigenvalue weighted by Crippen LogP contribution is -2.46. The van der Waals surface area contributed by atoms with Crippen molar-refractivity contribution in [2.45, 2.75) is 26.7 Å². The summed E-state index contributed by atoms with van der Waals surface area (Å²) in [5.74, 6) is 1.47. The molecule has 17 heavy (non-hydrogen) atoms. The minimum Gasteiger partial charge on any atom is -0.353 e. The zero-order valence-corrected chi connectivity index (χ0v) is 11.1. The molecular formula is C13H22N4. The van der Waals surface area contributed by atoms with Crippen LogP contribution in [0, 0.1) is 0 Å². The largest absolute Gasteiger partial charge is 0.353 e. The topological polar surface area (TPSA) is 32.3 Å². The van der Waals surface area contributed by atoms with Crippen molar-refractivity contribution < 1.29 is 0 Å². The molecule has 4 nitrogen and oxygen atoms in total. The van der Waals surface area contributed by atoms with Gasteiger partial charge in [-0.25, -0.2) is 4.98 Å². The second-order valence-electron chi connectivity index (χ2n) is 4.88. The number of hydrogen-bond acceptors (Lipinski definition) is 4. The zero-order chi connectivity index (χ0) is 12.3. The van der Waals surface area contributed by atoms with E-state index in [1.165, 1.54) is 0 Å². The van der Waals surface area contributed by atoms with E-state index in [4.69, 9.17) is 0 Å². The predicted octanol–water partition coefficient (Wildman–Crippen LogP) is 1.74. The highest BCUT2D eigenvalue weighted by molar-refractivity contribution is 5.36. The minimum atomic E-state index is 0.452. The van der Waals surface area contributed by atoms with Crippen molar-refractivity contribution in [1.82, 2.24) is 14.9 Å². The van der Waals surface area contributed by atoms with E-state index >= 15 is 0 Å². The zero-order valence-electron chi connectivity index (χ0n) is 11.1. The van der Waals surface area contributed by atoms with Crippen LogP contribution in [0.4, 0.5) is 5.82 Å². The maximum Gasteiger partial charge on any atom is 0.147 e. The van der Waals surface area contributed by atoms with Gasteiger partial charge in [-0.3, -0.25) is 4.98 Å². The minimum absolute atomic E-state index is 0.452. The third-order valence-corrected chi connectivity index (χ3v) is 3.39. The fourth-order valence-electron chi connectivity index (χ4n) is 2.09. The summed E-state index contributed by atoms with van der Waals surface area (Å²) in [6, 6.07) is 0. The molecule has 2 rings (SSSR count). The molecule has 0 atom stereocenters. The van der Waals surface area contributed by atoms with E-state index in [9.17, 15) is 0 Å². The molecule has 1 aliphatic heterocycles. The van der Waals surface area contributed by atoms with Gasteiger partial charge in [-0.15, -0.1) is 0 Å². The lowest BCUT2D eigenvalue weighted by molar-refractivity contribution is 0.270. The third kappa shape index (κ3) is 2.94. The first-order valence-corrected chi connectivity index (χ1v) is 6.50. The highest BCUT2D eigenvalue weighted by Gasteiger charge is 2.16. The summed E-state index contributed by atoms with van der Waals surface area (Å²) in [5.41, 5.74) is 1.07. The van der Waals surface area contributed by atoms with Crippen molar-refractivity contribution in [2.75, 3.05) is 37.6 Å². The monoisotopic (exact) mass is 234 g/mol. The Hall–Kier alpha value is -1.16. The van der Waals surface area contributed by atoms with Crippen LogP contribution in [-0.4, -0.2) is 47.6 Å². The van der Waals surface area contributed by atoms with Crippen LogP contribution in [0.25, 0.3) is 0 Å². The van der Waals surface area contributed by atoms with Crippen molar-refractivity contribution in [3.63, 3.8) is 0 Å². The van der Waals surface area contributed by atoms with Crippen LogP contribution in [0.15, 0.2) is 12.4 Å². The molecule has 1 saturated heterocycles. The van der Waals surface area contributed by atoms with E-state index in [2.05, 4.69) is 40.5 Å². The Morgan fingerprint density at radius 1 is 1.12 bits per heavy atom. The standard InChI is InChI=1S/C13H22N4/c1-4-16-5-7-17(8-6-16)13-10-14-12(9-15-13)11(2)3/h9-11H,4-8H2,1-3H3. The van der Waals surface area contributed by atoms with Gasteiger partial charge in [0.25, 0.3) is 0 Å². The van der Waals surface area contributed by atoms with Crippen LogP contribution in [0.3, 0.4) is 0 Å². The van der Waals surface area contributed by atoms with Crippen molar-refractivity contribution >= 4 is 5.82 Å². The number of hydrogen-bond donors (Lipinski definition) is 0. The van der Waals surface area contributed by atoms with Gasteiger partial charge >= 0.3 is 0 Å². The van der Waals surface area contributed by atoms with E-state index in [1.807, 2.05) is 12.4 Å². The molecule has 0 saturated carbocycles. The summed E-state index contributed by atoms with van der Waals surface area (Å²) in [4.78, 5) is 13.8. The van der Waals surface area contributed by atoms with E-state index in [0.29, 0.717) is 5.92 Å². The second kappa shape index (κ2) is 5.45. The molecule has 0 unspecified atom stereocenters. The number of nitrogens with zero attached hydrogens (tertiary/aromatic N) is 4. The smallest absolute Gasteiger partial charge is 0.147 e. The summed E-state index contributed by atoms with van der Waals surface area (Å²) >= 11 is 0. The molecule has 1 fully saturated rings. The fourth-order valence-corrected chi connectivity index (χ4v) is 2.09. The molecule has 0 aromatic carbocycles. The first kappa shape index (κ1) is 12.3. The summed E-state index contributed by atoms with van der Waals surface area (Å²) in [7, 11) is 0. The van der Waals surface area contributed by atoms with Crippen LogP contribution in [0.1, 0.15) is 32.4 Å². The Labute approximate surface area is 104 Å². The van der Waals surface area contributed by atoms with Gasteiger partial charge in [-0.05, 0) is 12.5 Å².